The quantitative estimate of drug-likeness (QED) is 0.149. The molecule has 0 aromatic heterocycles. The third kappa shape index (κ3) is 13.5. The van der Waals surface area contributed by atoms with Gasteiger partial charge in [-0.3, -0.25) is 20.0 Å². The van der Waals surface area contributed by atoms with Gasteiger partial charge in [0.1, 0.15) is 0 Å². The molecule has 322 valence electrons. The number of rotatable bonds is 10. The van der Waals surface area contributed by atoms with Crippen LogP contribution in [0.15, 0.2) is 56.4 Å². The molecule has 58 heavy (non-hydrogen) atoms. The van der Waals surface area contributed by atoms with Crippen LogP contribution in [0.4, 0.5) is 0 Å². The van der Waals surface area contributed by atoms with Gasteiger partial charge in [-0.1, -0.05) is 131 Å². The number of benzene rings is 3. The van der Waals surface area contributed by atoms with Crippen LogP contribution in [0.2, 0.25) is 0 Å². The molecule has 0 atom stereocenters. The molecule has 3 rings (SSSR count). The van der Waals surface area contributed by atoms with Gasteiger partial charge < -0.3 is 20.4 Å². The molecule has 0 radical (unpaired) electrons. The minimum Gasteiger partial charge on any atom is -0.872 e. The van der Waals surface area contributed by atoms with Gasteiger partial charge in [0.05, 0.1) is 24.2 Å². The SMILES string of the molecule is CC(=NCC(C)(C)N=Cc1ccc(C=NC(C)(C)CN=C(C)c2cc(C(C)(C)C)cc(C(C)(C)C)c2[O-])c([O-])c1[O-])c1cc(C(C)(C)C)cc(C(C)(C)C)c1[O-].[Ni+2].[Ni+2]. The van der Waals surface area contributed by atoms with Crippen molar-refractivity contribution in [3.05, 3.63) is 80.9 Å². The van der Waals surface area contributed by atoms with Gasteiger partial charge in [-0.05, 0) is 108 Å². The molecule has 0 fully saturated rings. The zero-order valence-corrected chi connectivity index (χ0v) is 40.1. The van der Waals surface area contributed by atoms with Crippen LogP contribution in [0.25, 0.3) is 0 Å². The van der Waals surface area contributed by atoms with E-state index in [0.717, 1.165) is 22.3 Å². The summed E-state index contributed by atoms with van der Waals surface area (Å²) < 4.78 is 0. The van der Waals surface area contributed by atoms with Crippen LogP contribution in [-0.4, -0.2) is 48.0 Å². The van der Waals surface area contributed by atoms with E-state index in [4.69, 9.17) is 9.98 Å². The molecule has 0 saturated carbocycles. The molecular weight excluding hydrogens is 814 g/mol. The first kappa shape index (κ1) is 52.5. The van der Waals surface area contributed by atoms with Crippen molar-refractivity contribution in [2.75, 3.05) is 13.1 Å². The van der Waals surface area contributed by atoms with E-state index in [1.807, 2.05) is 107 Å². The summed E-state index contributed by atoms with van der Waals surface area (Å²) in [6.07, 6.45) is 2.86. The molecule has 0 aliphatic heterocycles. The molecule has 10 heteroatoms. The van der Waals surface area contributed by atoms with Gasteiger partial charge in [0, 0.05) is 23.9 Å². The van der Waals surface area contributed by atoms with Crippen LogP contribution < -0.4 is 20.4 Å². The third-order valence-electron chi connectivity index (χ3n) is 9.99. The second kappa shape index (κ2) is 18.8. The van der Waals surface area contributed by atoms with Crippen molar-refractivity contribution in [1.82, 2.24) is 0 Å². The summed E-state index contributed by atoms with van der Waals surface area (Å²) in [5.41, 5.74) is 4.09. The van der Waals surface area contributed by atoms with Crippen molar-refractivity contribution < 1.29 is 53.4 Å². The Bertz CT molecular complexity index is 1900. The van der Waals surface area contributed by atoms with Crippen molar-refractivity contribution in [3.8, 4) is 23.0 Å². The van der Waals surface area contributed by atoms with Crippen molar-refractivity contribution in [1.29, 1.82) is 0 Å². The average Bonchev–Trinajstić information content (AvgIpc) is 3.04. The summed E-state index contributed by atoms with van der Waals surface area (Å²) in [4.78, 5) is 18.8. The van der Waals surface area contributed by atoms with Crippen LogP contribution in [0.5, 0.6) is 23.0 Å². The number of hydrogen-bond acceptors (Lipinski definition) is 8. The maximum absolute atomic E-state index is 13.6. The Morgan fingerprint density at radius 1 is 0.466 bits per heavy atom. The Labute approximate surface area is 369 Å². The van der Waals surface area contributed by atoms with Gasteiger partial charge in [0.25, 0.3) is 0 Å². The van der Waals surface area contributed by atoms with E-state index in [1.54, 1.807) is 12.1 Å². The molecule has 0 unspecified atom stereocenters. The van der Waals surface area contributed by atoms with E-state index in [9.17, 15) is 20.4 Å². The largest absolute Gasteiger partial charge is 2.00 e. The molecule has 8 nitrogen and oxygen atoms in total. The van der Waals surface area contributed by atoms with Crippen molar-refractivity contribution in [3.63, 3.8) is 0 Å². The Morgan fingerprint density at radius 2 is 0.759 bits per heavy atom. The smallest absolute Gasteiger partial charge is 0.872 e. The maximum atomic E-state index is 13.6. The summed E-state index contributed by atoms with van der Waals surface area (Å²) in [5.74, 6) is -1.37. The van der Waals surface area contributed by atoms with Gasteiger partial charge in [0.2, 0.25) is 0 Å². The first-order valence-electron chi connectivity index (χ1n) is 19.6. The molecule has 0 aliphatic rings. The molecule has 0 bridgehead atoms. The Hall–Kier alpha value is -3.47. The molecule has 3 aromatic carbocycles. The molecular formula is C48H66N4Ni2O4. The minimum atomic E-state index is -0.716. The van der Waals surface area contributed by atoms with Crippen LogP contribution in [0.1, 0.15) is 169 Å². The summed E-state index contributed by atoms with van der Waals surface area (Å²) in [6.45, 7) is 36.8. The fourth-order valence-electron chi connectivity index (χ4n) is 5.94. The second-order valence-corrected chi connectivity index (χ2v) is 20.6. The number of nitrogens with zero attached hydrogens (tertiary/aromatic N) is 4. The maximum Gasteiger partial charge on any atom is 2.00 e. The van der Waals surface area contributed by atoms with Gasteiger partial charge in [-0.15, -0.1) is 11.5 Å². The summed E-state index contributed by atoms with van der Waals surface area (Å²) >= 11 is 0. The van der Waals surface area contributed by atoms with E-state index in [0.29, 0.717) is 22.6 Å². The summed E-state index contributed by atoms with van der Waals surface area (Å²) in [7, 11) is 0. The molecule has 0 N–H and O–H groups in total. The standard InChI is InChI=1S/C48H70N4O4.2Ni/c1-29(35-21-33(43(3,4)5)23-37(41(35)55)45(9,10)11)49-27-47(15,16)51-25-31-19-20-32(40(54)39(31)53)26-52-48(17,18)28-50-30(2)36-22-34(44(6,7)8)24-38(42(36)56)46(12,13)14;;/h19-26,53-56H,27-28H2,1-18H3;;/q;2*+2/p-4. The van der Waals surface area contributed by atoms with Gasteiger partial charge in [0.15, 0.2) is 0 Å². The zero-order chi connectivity index (χ0) is 43.0. The van der Waals surface area contributed by atoms with Gasteiger partial charge >= 0.3 is 33.0 Å². The molecule has 0 heterocycles. The van der Waals surface area contributed by atoms with Crippen LogP contribution in [0, 0.1) is 0 Å². The van der Waals surface area contributed by atoms with Crippen LogP contribution in [0.3, 0.4) is 0 Å². The van der Waals surface area contributed by atoms with E-state index in [-0.39, 0.29) is 90.4 Å². The Kier molecular flexibility index (Phi) is 17.1. The van der Waals surface area contributed by atoms with E-state index >= 15 is 0 Å². The predicted octanol–water partition coefficient (Wildman–Crippen LogP) is 8.58. The normalized spacial score (nSPS) is 13.9. The predicted molar refractivity (Wildman–Crippen MR) is 229 cm³/mol. The van der Waals surface area contributed by atoms with Crippen molar-refractivity contribution in [2.24, 2.45) is 20.0 Å². The molecule has 3 aromatic rings. The van der Waals surface area contributed by atoms with Crippen LogP contribution in [-0.2, 0) is 54.6 Å². The summed E-state index contributed by atoms with van der Waals surface area (Å²) in [6, 6.07) is 11.1. The topological polar surface area (TPSA) is 142 Å². The molecule has 0 amide bonds. The van der Waals surface area contributed by atoms with Crippen molar-refractivity contribution >= 4 is 23.9 Å². The number of hydrogen-bond donors (Lipinski definition) is 0. The second-order valence-electron chi connectivity index (χ2n) is 20.6. The molecule has 0 aliphatic carbocycles. The average molecular weight is 880 g/mol. The van der Waals surface area contributed by atoms with E-state index in [1.165, 1.54) is 12.4 Å². The van der Waals surface area contributed by atoms with E-state index in [2.05, 4.69) is 51.5 Å². The summed E-state index contributed by atoms with van der Waals surface area (Å²) in [5, 5.41) is 53.5. The third-order valence-corrected chi connectivity index (χ3v) is 9.99. The Morgan fingerprint density at radius 3 is 1.02 bits per heavy atom. The fourth-order valence-corrected chi connectivity index (χ4v) is 5.94. The number of aliphatic imine (C=N–C) groups is 4. The molecule has 0 spiro atoms. The Balaban J connectivity index is 0.00000841. The van der Waals surface area contributed by atoms with Gasteiger partial charge in [-0.2, -0.15) is 0 Å². The zero-order valence-electron chi connectivity index (χ0n) is 38.1. The van der Waals surface area contributed by atoms with Crippen molar-refractivity contribution in [2.45, 2.75) is 157 Å². The first-order chi connectivity index (χ1) is 25.2. The molecule has 0 saturated heterocycles. The first-order valence-corrected chi connectivity index (χ1v) is 19.6. The van der Waals surface area contributed by atoms with E-state index < -0.39 is 22.6 Å². The minimum absolute atomic E-state index is 0. The monoisotopic (exact) mass is 878 g/mol. The van der Waals surface area contributed by atoms with Crippen LogP contribution >= 0.6 is 0 Å². The van der Waals surface area contributed by atoms with Gasteiger partial charge in [-0.25, -0.2) is 0 Å². The fraction of sp³-hybridized carbons (Fsp3) is 0.542.